The first-order valence-electron chi connectivity index (χ1n) is 11.3. The van der Waals surface area contributed by atoms with E-state index in [1.807, 2.05) is 91.0 Å². The van der Waals surface area contributed by atoms with E-state index in [0.717, 1.165) is 11.1 Å². The third-order valence-electron chi connectivity index (χ3n) is 5.64. The molecule has 33 heavy (non-hydrogen) atoms. The fourth-order valence-electron chi connectivity index (χ4n) is 4.07. The average Bonchev–Trinajstić information content (AvgIpc) is 3.15. The zero-order valence-corrected chi connectivity index (χ0v) is 18.8. The number of rotatable bonds is 11. The van der Waals surface area contributed by atoms with E-state index in [1.54, 1.807) is 6.92 Å². The highest BCUT2D eigenvalue weighted by atomic mass is 16.7. The molecule has 0 unspecified atom stereocenters. The molecule has 1 saturated heterocycles. The Morgan fingerprint density at radius 3 is 2.00 bits per heavy atom. The van der Waals surface area contributed by atoms with Crippen LogP contribution in [0.4, 0.5) is 0 Å². The van der Waals surface area contributed by atoms with Crippen molar-refractivity contribution < 1.29 is 23.7 Å². The maximum atomic E-state index is 12.1. The molecule has 0 spiro atoms. The third-order valence-corrected chi connectivity index (χ3v) is 5.64. The summed E-state index contributed by atoms with van der Waals surface area (Å²) >= 11 is 0. The molecule has 5 nitrogen and oxygen atoms in total. The number of Topliss-reactive ketones (excluding diaryl/α,β-unsaturated/α-hetero) is 1. The summed E-state index contributed by atoms with van der Waals surface area (Å²) in [7, 11) is 0. The minimum absolute atomic E-state index is 0.0735. The Morgan fingerprint density at radius 1 is 0.818 bits per heavy atom. The van der Waals surface area contributed by atoms with Gasteiger partial charge in [-0.3, -0.25) is 0 Å². The van der Waals surface area contributed by atoms with Gasteiger partial charge in [0, 0.05) is 6.42 Å². The highest BCUT2D eigenvalue weighted by Gasteiger charge is 2.47. The number of ketones is 1. The third kappa shape index (κ3) is 6.75. The lowest BCUT2D eigenvalue weighted by Gasteiger charge is -2.24. The van der Waals surface area contributed by atoms with Crippen LogP contribution in [0.3, 0.4) is 0 Å². The van der Waals surface area contributed by atoms with E-state index in [0.29, 0.717) is 32.0 Å². The molecule has 5 heteroatoms. The summed E-state index contributed by atoms with van der Waals surface area (Å²) in [6.45, 7) is 2.84. The van der Waals surface area contributed by atoms with Crippen molar-refractivity contribution in [2.45, 2.75) is 45.1 Å². The Hall–Kier alpha value is -2.99. The minimum atomic E-state index is -0.595. The maximum Gasteiger partial charge on any atom is 0.206 e. The molecule has 172 valence electrons. The lowest BCUT2D eigenvalue weighted by atomic mass is 9.95. The van der Waals surface area contributed by atoms with Crippen LogP contribution in [0, 0.1) is 5.92 Å². The van der Waals surface area contributed by atoms with Crippen LogP contribution < -0.4 is 4.74 Å². The highest BCUT2D eigenvalue weighted by Crippen LogP contribution is 2.35. The average molecular weight is 447 g/mol. The molecule has 0 amide bonds. The number of hydrogen-bond acceptors (Lipinski definition) is 5. The number of carbonyl (C=O) groups excluding carboxylic acids is 1. The van der Waals surface area contributed by atoms with Gasteiger partial charge in [-0.15, -0.1) is 0 Å². The highest BCUT2D eigenvalue weighted by molar-refractivity contribution is 5.75. The van der Waals surface area contributed by atoms with Crippen molar-refractivity contribution in [1.82, 2.24) is 0 Å². The predicted octanol–water partition coefficient (Wildman–Crippen LogP) is 5.19. The van der Waals surface area contributed by atoms with Crippen molar-refractivity contribution in [1.29, 1.82) is 0 Å². The molecule has 0 aromatic heterocycles. The Labute approximate surface area is 195 Å². The summed E-state index contributed by atoms with van der Waals surface area (Å²) in [5, 5.41) is 0. The van der Waals surface area contributed by atoms with E-state index >= 15 is 0 Å². The van der Waals surface area contributed by atoms with E-state index in [1.165, 1.54) is 0 Å². The van der Waals surface area contributed by atoms with Gasteiger partial charge in [0.1, 0.15) is 17.6 Å². The van der Waals surface area contributed by atoms with E-state index in [-0.39, 0.29) is 23.9 Å². The molecule has 3 aromatic carbocycles. The second-order valence-corrected chi connectivity index (χ2v) is 8.31. The topological polar surface area (TPSA) is 54.0 Å². The molecule has 1 heterocycles. The van der Waals surface area contributed by atoms with Crippen LogP contribution >= 0.6 is 0 Å². The largest absolute Gasteiger partial charge is 0.465 e. The van der Waals surface area contributed by atoms with Crippen molar-refractivity contribution >= 4 is 5.78 Å². The quantitative estimate of drug-likeness (QED) is 0.406. The summed E-state index contributed by atoms with van der Waals surface area (Å²) in [5.74, 6) is 0.532. The van der Waals surface area contributed by atoms with Gasteiger partial charge in [-0.25, -0.2) is 0 Å². The molecular formula is C28H30O5. The molecule has 4 rings (SSSR count). The summed E-state index contributed by atoms with van der Waals surface area (Å²) in [4.78, 5) is 12.1. The molecule has 3 aromatic rings. The summed E-state index contributed by atoms with van der Waals surface area (Å²) in [6.07, 6.45) is -0.969. The number of carbonyl (C=O) groups is 1. The van der Waals surface area contributed by atoms with E-state index < -0.39 is 6.29 Å². The van der Waals surface area contributed by atoms with Gasteiger partial charge >= 0.3 is 0 Å². The van der Waals surface area contributed by atoms with Crippen LogP contribution in [0.5, 0.6) is 5.75 Å². The summed E-state index contributed by atoms with van der Waals surface area (Å²) < 4.78 is 24.8. The second kappa shape index (κ2) is 11.8. The van der Waals surface area contributed by atoms with Crippen LogP contribution in [0.25, 0.3) is 0 Å². The van der Waals surface area contributed by atoms with Gasteiger partial charge in [0.25, 0.3) is 0 Å². The first kappa shape index (κ1) is 23.2. The van der Waals surface area contributed by atoms with Crippen LogP contribution in [0.2, 0.25) is 0 Å². The fourth-order valence-corrected chi connectivity index (χ4v) is 4.07. The molecule has 0 radical (unpaired) electrons. The van der Waals surface area contributed by atoms with Crippen molar-refractivity contribution in [2.24, 2.45) is 5.92 Å². The summed E-state index contributed by atoms with van der Waals surface area (Å²) in [5.41, 5.74) is 2.16. The molecular weight excluding hydrogens is 416 g/mol. The van der Waals surface area contributed by atoms with E-state index in [4.69, 9.17) is 18.9 Å². The van der Waals surface area contributed by atoms with E-state index in [9.17, 15) is 4.79 Å². The van der Waals surface area contributed by atoms with Gasteiger partial charge in [0.15, 0.2) is 0 Å². The lowest BCUT2D eigenvalue weighted by molar-refractivity contribution is -0.124. The number of para-hydroxylation sites is 1. The number of ether oxygens (including phenoxy) is 4. The van der Waals surface area contributed by atoms with Crippen LogP contribution in [0.15, 0.2) is 91.0 Å². The zero-order valence-electron chi connectivity index (χ0n) is 18.8. The number of benzene rings is 3. The standard InChI is InChI=1S/C28H30O5/c1-21(29)17-25-27(31-19-23-13-7-3-8-14-23)26(20-30-18-22-11-5-2-6-12-22)33-28(25)32-24-15-9-4-10-16-24/h2-16,25-28H,17-20H2,1H3/t25-,26+,27+,28-/m0/s1. The molecule has 0 N–H and O–H groups in total. The van der Waals surface area contributed by atoms with Crippen molar-refractivity contribution in [3.8, 4) is 5.75 Å². The lowest BCUT2D eigenvalue weighted by Crippen LogP contribution is -2.35. The van der Waals surface area contributed by atoms with Gasteiger partial charge in [-0.05, 0) is 30.2 Å². The molecule has 1 aliphatic rings. The van der Waals surface area contributed by atoms with Crippen molar-refractivity contribution in [3.05, 3.63) is 102 Å². The monoisotopic (exact) mass is 446 g/mol. The first-order chi connectivity index (χ1) is 16.2. The molecule has 0 bridgehead atoms. The van der Waals surface area contributed by atoms with Crippen molar-refractivity contribution in [3.63, 3.8) is 0 Å². The van der Waals surface area contributed by atoms with Crippen LogP contribution in [0.1, 0.15) is 24.5 Å². The van der Waals surface area contributed by atoms with Crippen LogP contribution in [-0.2, 0) is 32.2 Å². The normalized spacial score (nSPS) is 22.2. The van der Waals surface area contributed by atoms with Gasteiger partial charge in [-0.1, -0.05) is 78.9 Å². The van der Waals surface area contributed by atoms with Gasteiger partial charge in [0.05, 0.1) is 31.8 Å². The van der Waals surface area contributed by atoms with Gasteiger partial charge < -0.3 is 23.7 Å². The predicted molar refractivity (Wildman–Crippen MR) is 126 cm³/mol. The SMILES string of the molecule is CC(=O)C[C@@H]1[C@@H](Oc2ccccc2)O[C@H](COCc2ccccc2)[C@@H]1OCc1ccccc1. The molecule has 4 atom stereocenters. The molecule has 1 aliphatic heterocycles. The smallest absolute Gasteiger partial charge is 0.206 e. The van der Waals surface area contributed by atoms with Gasteiger partial charge in [-0.2, -0.15) is 0 Å². The van der Waals surface area contributed by atoms with Crippen molar-refractivity contribution in [2.75, 3.05) is 6.61 Å². The second-order valence-electron chi connectivity index (χ2n) is 8.31. The Kier molecular flexibility index (Phi) is 8.25. The Balaban J connectivity index is 1.49. The Morgan fingerprint density at radius 2 is 1.39 bits per heavy atom. The van der Waals surface area contributed by atoms with Crippen LogP contribution in [-0.4, -0.2) is 30.9 Å². The molecule has 0 aliphatic carbocycles. The fraction of sp³-hybridized carbons (Fsp3) is 0.321. The zero-order chi connectivity index (χ0) is 22.9. The maximum absolute atomic E-state index is 12.1. The summed E-state index contributed by atoms with van der Waals surface area (Å²) in [6, 6.07) is 29.5. The van der Waals surface area contributed by atoms with E-state index in [2.05, 4.69) is 0 Å². The Bertz CT molecular complexity index is 977. The van der Waals surface area contributed by atoms with Gasteiger partial charge in [0.2, 0.25) is 6.29 Å². The minimum Gasteiger partial charge on any atom is -0.465 e. The molecule has 0 saturated carbocycles. The number of hydrogen-bond donors (Lipinski definition) is 0. The first-order valence-corrected chi connectivity index (χ1v) is 11.3. The molecule has 1 fully saturated rings.